The van der Waals surface area contributed by atoms with E-state index in [1.165, 1.54) is 13.8 Å². The van der Waals surface area contributed by atoms with Gasteiger partial charge in [0, 0.05) is 5.56 Å². The zero-order chi connectivity index (χ0) is 25.9. The fraction of sp³-hybridized carbons (Fsp3) is 0.480. The van der Waals surface area contributed by atoms with E-state index < -0.39 is 61.5 Å². The number of benzene rings is 2. The smallest absolute Gasteiger partial charge is 0.251 e. The van der Waals surface area contributed by atoms with Crippen LogP contribution in [0.25, 0.3) is 11.1 Å². The molecular formula is C25H33NO9. The van der Waals surface area contributed by atoms with Gasteiger partial charge in [-0.15, -0.1) is 0 Å². The van der Waals surface area contributed by atoms with E-state index in [9.17, 15) is 35.4 Å². The highest BCUT2D eigenvalue weighted by molar-refractivity contribution is 5.95. The predicted octanol–water partition coefficient (Wildman–Crippen LogP) is -0.298. The van der Waals surface area contributed by atoms with E-state index >= 15 is 0 Å². The maximum absolute atomic E-state index is 12.6. The van der Waals surface area contributed by atoms with Crippen LogP contribution in [0.2, 0.25) is 0 Å². The average Bonchev–Trinajstić information content (AvgIpc) is 2.83. The van der Waals surface area contributed by atoms with Gasteiger partial charge >= 0.3 is 0 Å². The average molecular weight is 492 g/mol. The van der Waals surface area contributed by atoms with Crippen LogP contribution in [0.15, 0.2) is 42.5 Å². The Hall–Kier alpha value is -2.57. The van der Waals surface area contributed by atoms with Crippen molar-refractivity contribution in [2.75, 3.05) is 13.2 Å². The number of aliphatic hydroxyl groups excluding tert-OH is 5. The van der Waals surface area contributed by atoms with Crippen LogP contribution in [0.1, 0.15) is 29.8 Å². The molecule has 1 heterocycles. The zero-order valence-electron chi connectivity index (χ0n) is 19.8. The van der Waals surface area contributed by atoms with E-state index in [0.29, 0.717) is 16.9 Å². The Morgan fingerprint density at radius 3 is 2.46 bits per heavy atom. The maximum atomic E-state index is 12.6. The van der Waals surface area contributed by atoms with Crippen LogP contribution in [-0.4, -0.2) is 92.1 Å². The van der Waals surface area contributed by atoms with Crippen molar-refractivity contribution in [3.8, 4) is 16.9 Å². The summed E-state index contributed by atoms with van der Waals surface area (Å²) in [5.41, 5.74) is 0.612. The van der Waals surface area contributed by atoms with E-state index in [1.54, 1.807) is 37.3 Å². The summed E-state index contributed by atoms with van der Waals surface area (Å²) < 4.78 is 11.3. The first-order valence-electron chi connectivity index (χ1n) is 11.3. The molecule has 0 spiro atoms. The maximum Gasteiger partial charge on any atom is 0.251 e. The zero-order valence-corrected chi connectivity index (χ0v) is 19.8. The molecule has 1 saturated heterocycles. The fourth-order valence-electron chi connectivity index (χ4n) is 3.85. The Kier molecular flexibility index (Phi) is 8.50. The van der Waals surface area contributed by atoms with Crippen molar-refractivity contribution in [2.45, 2.75) is 63.1 Å². The molecule has 2 aromatic carbocycles. The number of hydrogen-bond donors (Lipinski definition) is 7. The molecule has 35 heavy (non-hydrogen) atoms. The molecule has 0 aliphatic carbocycles. The number of rotatable bonds is 8. The van der Waals surface area contributed by atoms with E-state index in [4.69, 9.17) is 9.47 Å². The van der Waals surface area contributed by atoms with Crippen molar-refractivity contribution in [3.05, 3.63) is 53.6 Å². The minimum Gasteiger partial charge on any atom is -0.461 e. The van der Waals surface area contributed by atoms with Crippen LogP contribution < -0.4 is 10.1 Å². The summed E-state index contributed by atoms with van der Waals surface area (Å²) in [7, 11) is 0. The van der Waals surface area contributed by atoms with Gasteiger partial charge in [0.2, 0.25) is 6.29 Å². The third-order valence-corrected chi connectivity index (χ3v) is 6.22. The second-order valence-electron chi connectivity index (χ2n) is 9.03. The summed E-state index contributed by atoms with van der Waals surface area (Å²) in [5.74, 6) is -0.0738. The number of amides is 1. The highest BCUT2D eigenvalue weighted by atomic mass is 16.7. The lowest BCUT2D eigenvalue weighted by molar-refractivity contribution is -0.314. The Labute approximate surface area is 203 Å². The lowest BCUT2D eigenvalue weighted by Crippen LogP contribution is -2.66. The van der Waals surface area contributed by atoms with Gasteiger partial charge in [0.1, 0.15) is 24.1 Å². The van der Waals surface area contributed by atoms with Gasteiger partial charge in [0.15, 0.2) is 5.60 Å². The largest absolute Gasteiger partial charge is 0.461 e. The SMILES string of the molecule is Cc1cc(-c2cccc(C(=O)N[C@@H](CO)[C@H](C)O)c2)ccc1O[C@H]1O[C@H](CO)[C@@H](O)[C@H](O)[C@]1(C)O. The van der Waals surface area contributed by atoms with Crippen molar-refractivity contribution in [1.29, 1.82) is 0 Å². The van der Waals surface area contributed by atoms with Crippen molar-refractivity contribution in [2.24, 2.45) is 0 Å². The molecule has 192 valence electrons. The number of aliphatic hydroxyl groups is 6. The Morgan fingerprint density at radius 1 is 1.17 bits per heavy atom. The Balaban J connectivity index is 1.80. The van der Waals surface area contributed by atoms with Crippen LogP contribution >= 0.6 is 0 Å². The topological polar surface area (TPSA) is 169 Å². The predicted molar refractivity (Wildman–Crippen MR) is 126 cm³/mol. The number of ether oxygens (including phenoxy) is 2. The van der Waals surface area contributed by atoms with E-state index in [1.807, 2.05) is 12.1 Å². The van der Waals surface area contributed by atoms with Gasteiger partial charge in [-0.1, -0.05) is 18.2 Å². The molecule has 0 saturated carbocycles. The monoisotopic (exact) mass is 491 g/mol. The normalized spacial score (nSPS) is 28.3. The van der Waals surface area contributed by atoms with Gasteiger partial charge in [-0.3, -0.25) is 4.79 Å². The second kappa shape index (κ2) is 11.0. The van der Waals surface area contributed by atoms with Crippen LogP contribution in [0, 0.1) is 6.92 Å². The minimum absolute atomic E-state index is 0.355. The highest BCUT2D eigenvalue weighted by Crippen LogP contribution is 2.34. The van der Waals surface area contributed by atoms with E-state index in [2.05, 4.69) is 5.32 Å². The summed E-state index contributed by atoms with van der Waals surface area (Å²) >= 11 is 0. The lowest BCUT2D eigenvalue weighted by Gasteiger charge is -2.45. The molecule has 0 bridgehead atoms. The van der Waals surface area contributed by atoms with Crippen molar-refractivity contribution in [3.63, 3.8) is 0 Å². The quantitative estimate of drug-likeness (QED) is 0.262. The molecule has 0 aromatic heterocycles. The Morgan fingerprint density at radius 2 is 1.86 bits per heavy atom. The second-order valence-corrected chi connectivity index (χ2v) is 9.03. The molecule has 10 heteroatoms. The number of carbonyl (C=O) groups is 1. The van der Waals surface area contributed by atoms with E-state index in [-0.39, 0.29) is 0 Å². The summed E-state index contributed by atoms with van der Waals surface area (Å²) in [4.78, 5) is 12.6. The minimum atomic E-state index is -1.93. The first-order chi connectivity index (χ1) is 16.5. The lowest BCUT2D eigenvalue weighted by atomic mass is 9.88. The van der Waals surface area contributed by atoms with E-state index in [0.717, 1.165) is 11.1 Å². The van der Waals surface area contributed by atoms with Gasteiger partial charge in [-0.05, 0) is 61.7 Å². The molecule has 1 amide bonds. The molecule has 2 aromatic rings. The van der Waals surface area contributed by atoms with Gasteiger partial charge in [0.05, 0.1) is 25.4 Å². The van der Waals surface area contributed by atoms with Gasteiger partial charge in [0.25, 0.3) is 5.91 Å². The van der Waals surface area contributed by atoms with Gasteiger partial charge in [-0.25, -0.2) is 0 Å². The molecule has 0 radical (unpaired) electrons. The van der Waals surface area contributed by atoms with Crippen LogP contribution in [0.5, 0.6) is 5.75 Å². The van der Waals surface area contributed by atoms with Gasteiger partial charge < -0.3 is 45.4 Å². The number of aryl methyl sites for hydroxylation is 1. The highest BCUT2D eigenvalue weighted by Gasteiger charge is 2.53. The third-order valence-electron chi connectivity index (χ3n) is 6.22. The van der Waals surface area contributed by atoms with Crippen LogP contribution in [0.4, 0.5) is 0 Å². The molecule has 1 aliphatic rings. The molecular weight excluding hydrogens is 458 g/mol. The summed E-state index contributed by atoms with van der Waals surface area (Å²) in [6.45, 7) is 3.58. The number of nitrogens with one attached hydrogen (secondary N) is 1. The molecule has 1 aliphatic heterocycles. The summed E-state index contributed by atoms with van der Waals surface area (Å²) in [6, 6.07) is 11.3. The van der Waals surface area contributed by atoms with Crippen molar-refractivity contribution in [1.82, 2.24) is 5.32 Å². The first-order valence-corrected chi connectivity index (χ1v) is 11.3. The summed E-state index contributed by atoms with van der Waals surface area (Å²) in [6.07, 6.45) is -6.44. The molecule has 0 unspecified atom stereocenters. The molecule has 7 N–H and O–H groups in total. The molecule has 3 rings (SSSR count). The van der Waals surface area contributed by atoms with Crippen molar-refractivity contribution < 1.29 is 44.9 Å². The Bertz CT molecular complexity index is 1030. The standard InChI is InChI=1S/C25H33NO9/c1-13-9-16(15-5-4-6-17(10-15)23(32)26-18(11-27)14(2)29)7-8-19(13)34-24-25(3,33)22(31)21(30)20(12-28)35-24/h4-10,14,18,20-22,24,27-31,33H,11-12H2,1-3H3,(H,26,32)/t14-,18-,20+,21+,22-,24-,25-/m0/s1. The summed E-state index contributed by atoms with van der Waals surface area (Å²) in [5, 5.41) is 61.9. The number of carbonyl (C=O) groups excluding carboxylic acids is 1. The number of hydrogen-bond acceptors (Lipinski definition) is 9. The van der Waals surface area contributed by atoms with Crippen LogP contribution in [0.3, 0.4) is 0 Å². The molecule has 1 fully saturated rings. The molecule has 10 nitrogen and oxygen atoms in total. The van der Waals surface area contributed by atoms with Gasteiger partial charge in [-0.2, -0.15) is 0 Å². The fourth-order valence-corrected chi connectivity index (χ4v) is 3.85. The van der Waals surface area contributed by atoms with Crippen LogP contribution in [-0.2, 0) is 4.74 Å². The van der Waals surface area contributed by atoms with Crippen molar-refractivity contribution >= 4 is 5.91 Å². The molecule has 7 atom stereocenters. The first kappa shape index (κ1) is 27.0. The third kappa shape index (κ3) is 5.81.